The number of hydrogen-bond acceptors (Lipinski definition) is 8. The van der Waals surface area contributed by atoms with Crippen molar-refractivity contribution in [3.63, 3.8) is 0 Å². The maximum absolute atomic E-state index is 13.3. The highest BCUT2D eigenvalue weighted by Crippen LogP contribution is 2.38. The number of aromatic nitrogens is 5. The van der Waals surface area contributed by atoms with Crippen molar-refractivity contribution in [1.82, 2.24) is 29.8 Å². The number of imidazole rings is 1. The number of nitrogens with zero attached hydrogens (tertiary/aromatic N) is 4. The Morgan fingerprint density at radius 1 is 0.894 bits per heavy atom. The number of anilines is 1. The number of alkyl carbamates (subject to hydrolysis) is 1. The number of pyridine rings is 2. The number of aromatic amines is 1. The van der Waals surface area contributed by atoms with E-state index in [1.807, 2.05) is 59.7 Å². The van der Waals surface area contributed by atoms with E-state index < -0.39 is 5.60 Å². The molecule has 4 aromatic heterocycles. The summed E-state index contributed by atoms with van der Waals surface area (Å²) in [5.41, 5.74) is 4.15. The molecular formula is C34H40FN7O5. The van der Waals surface area contributed by atoms with Gasteiger partial charge in [0.05, 0.1) is 5.69 Å². The molecule has 0 unspecified atom stereocenters. The molecule has 47 heavy (non-hydrogen) atoms. The Balaban J connectivity index is 0.000000229. The summed E-state index contributed by atoms with van der Waals surface area (Å²) in [6.45, 7) is 12.8. The molecule has 0 radical (unpaired) electrons. The zero-order valence-electron chi connectivity index (χ0n) is 27.7. The summed E-state index contributed by atoms with van der Waals surface area (Å²) in [6.07, 6.45) is 6.32. The van der Waals surface area contributed by atoms with Gasteiger partial charge in [-0.2, -0.15) is 0 Å². The number of amides is 2. The smallest absolute Gasteiger partial charge is 0.419 e. The molecule has 0 atom stereocenters. The SMILES string of the molecule is CNC(=O)OC(C)(C)C.Cc1cncn1C(=O)OC(C)(C)C.O=CNc1ccc2c(-c3ccncc3)c(-c3ccc(F)cc3)[nH]c2n1. The summed E-state index contributed by atoms with van der Waals surface area (Å²) in [7, 11) is 1.54. The van der Waals surface area contributed by atoms with Gasteiger partial charge in [0.15, 0.2) is 0 Å². The van der Waals surface area contributed by atoms with Crippen LogP contribution < -0.4 is 10.6 Å². The van der Waals surface area contributed by atoms with Crippen molar-refractivity contribution >= 4 is 35.4 Å². The molecule has 4 heterocycles. The van der Waals surface area contributed by atoms with Gasteiger partial charge in [-0.1, -0.05) is 0 Å². The second-order valence-corrected chi connectivity index (χ2v) is 12.1. The number of ether oxygens (including phenoxy) is 2. The topological polar surface area (TPSA) is 153 Å². The number of carbonyl (C=O) groups excluding carboxylic acids is 3. The first kappa shape index (κ1) is 35.9. The Morgan fingerprint density at radius 2 is 1.53 bits per heavy atom. The van der Waals surface area contributed by atoms with E-state index in [9.17, 15) is 18.8 Å². The van der Waals surface area contributed by atoms with Gasteiger partial charge in [0, 0.05) is 42.3 Å². The summed E-state index contributed by atoms with van der Waals surface area (Å²) in [5, 5.41) is 5.81. The number of benzene rings is 1. The standard InChI is InChI=1S/C19H13FN4O.C9H14N2O2.C6H13NO2/c20-14-3-1-13(2-4-14)18-17(12-7-9-21-10-8-12)15-5-6-16(22-11-25)23-19(15)24-18;1-7-5-10-6-11(7)8(12)13-9(2,3)4;1-6(2,3)9-5(8)7-4/h1-11H,(H2,22,23,24,25);5-6H,1-4H3;1-4H3,(H,7,8). The lowest BCUT2D eigenvalue weighted by atomic mass is 10.00. The van der Waals surface area contributed by atoms with E-state index in [4.69, 9.17) is 9.47 Å². The number of fused-ring (bicyclic) bond motifs is 1. The maximum Gasteiger partial charge on any atom is 0.419 e. The Kier molecular flexibility index (Phi) is 11.9. The fourth-order valence-corrected chi connectivity index (χ4v) is 4.06. The number of rotatable bonds is 4. The van der Waals surface area contributed by atoms with Crippen LogP contribution in [0, 0.1) is 12.7 Å². The molecule has 248 valence electrons. The lowest BCUT2D eigenvalue weighted by molar-refractivity contribution is -0.105. The summed E-state index contributed by atoms with van der Waals surface area (Å²) in [6, 6.07) is 13.7. The first-order chi connectivity index (χ1) is 22.1. The number of nitrogens with one attached hydrogen (secondary N) is 3. The fraction of sp³-hybridized carbons (Fsp3) is 0.294. The molecule has 0 saturated carbocycles. The number of H-pyrrole nitrogens is 1. The van der Waals surface area contributed by atoms with Crippen LogP contribution in [-0.4, -0.2) is 61.3 Å². The predicted octanol–water partition coefficient (Wildman–Crippen LogP) is 7.11. The second kappa shape index (κ2) is 15.6. The minimum atomic E-state index is -0.464. The first-order valence-corrected chi connectivity index (χ1v) is 14.6. The lowest BCUT2D eigenvalue weighted by Gasteiger charge is -2.19. The van der Waals surface area contributed by atoms with Crippen LogP contribution in [0.3, 0.4) is 0 Å². The molecule has 5 rings (SSSR count). The van der Waals surface area contributed by atoms with Crippen LogP contribution in [0.1, 0.15) is 47.2 Å². The van der Waals surface area contributed by atoms with Gasteiger partial charge < -0.3 is 25.1 Å². The summed E-state index contributed by atoms with van der Waals surface area (Å²) >= 11 is 0. The number of aryl methyl sites for hydroxylation is 1. The van der Waals surface area contributed by atoms with Crippen molar-refractivity contribution in [2.45, 2.75) is 59.7 Å². The normalized spacial score (nSPS) is 10.9. The largest absolute Gasteiger partial charge is 0.444 e. The van der Waals surface area contributed by atoms with E-state index >= 15 is 0 Å². The van der Waals surface area contributed by atoms with Gasteiger partial charge in [-0.15, -0.1) is 0 Å². The Hall–Kier alpha value is -5.59. The summed E-state index contributed by atoms with van der Waals surface area (Å²) < 4.78 is 24.7. The molecule has 1 aromatic carbocycles. The van der Waals surface area contributed by atoms with Crippen LogP contribution in [0.2, 0.25) is 0 Å². The van der Waals surface area contributed by atoms with Gasteiger partial charge in [0.25, 0.3) is 0 Å². The van der Waals surface area contributed by atoms with Gasteiger partial charge in [0.2, 0.25) is 6.41 Å². The molecule has 2 amide bonds. The third-order valence-electron chi connectivity index (χ3n) is 5.98. The average molecular weight is 646 g/mol. The van der Waals surface area contributed by atoms with E-state index in [2.05, 4.69) is 30.6 Å². The van der Waals surface area contributed by atoms with Crippen LogP contribution in [0.15, 0.2) is 73.4 Å². The molecule has 0 aliphatic heterocycles. The first-order valence-electron chi connectivity index (χ1n) is 14.6. The second-order valence-electron chi connectivity index (χ2n) is 12.1. The fourth-order valence-electron chi connectivity index (χ4n) is 4.06. The van der Waals surface area contributed by atoms with E-state index in [1.165, 1.54) is 30.1 Å². The van der Waals surface area contributed by atoms with Gasteiger partial charge in [-0.3, -0.25) is 9.78 Å². The van der Waals surface area contributed by atoms with Gasteiger partial charge in [-0.25, -0.2) is 28.5 Å². The maximum atomic E-state index is 13.3. The zero-order chi connectivity index (χ0) is 34.8. The summed E-state index contributed by atoms with van der Waals surface area (Å²) in [5.74, 6) is 0.164. The predicted molar refractivity (Wildman–Crippen MR) is 178 cm³/mol. The molecule has 5 aromatic rings. The average Bonchev–Trinajstić information content (AvgIpc) is 3.60. The van der Waals surface area contributed by atoms with Crippen LogP contribution in [0.5, 0.6) is 0 Å². The van der Waals surface area contributed by atoms with E-state index in [0.29, 0.717) is 17.9 Å². The van der Waals surface area contributed by atoms with E-state index in [1.54, 1.807) is 43.7 Å². The highest BCUT2D eigenvalue weighted by Gasteiger charge is 2.19. The zero-order valence-corrected chi connectivity index (χ0v) is 27.7. The Bertz CT molecular complexity index is 1790. The molecule has 13 heteroatoms. The van der Waals surface area contributed by atoms with Gasteiger partial charge in [0.1, 0.15) is 34.8 Å². The van der Waals surface area contributed by atoms with Gasteiger partial charge in [-0.05, 0) is 108 Å². The molecule has 0 aliphatic carbocycles. The van der Waals surface area contributed by atoms with E-state index in [0.717, 1.165) is 33.5 Å². The highest BCUT2D eigenvalue weighted by molar-refractivity contribution is 6.03. The third kappa shape index (κ3) is 10.8. The van der Waals surface area contributed by atoms with Crippen LogP contribution in [0.25, 0.3) is 33.4 Å². The van der Waals surface area contributed by atoms with Crippen LogP contribution in [-0.2, 0) is 14.3 Å². The number of halogens is 1. The van der Waals surface area contributed by atoms with Crippen molar-refractivity contribution in [1.29, 1.82) is 0 Å². The minimum absolute atomic E-state index is 0.291. The minimum Gasteiger partial charge on any atom is -0.444 e. The van der Waals surface area contributed by atoms with Crippen molar-refractivity contribution in [3.8, 4) is 22.4 Å². The van der Waals surface area contributed by atoms with Crippen molar-refractivity contribution in [2.24, 2.45) is 0 Å². The Labute approximate surface area is 272 Å². The lowest BCUT2D eigenvalue weighted by Crippen LogP contribution is -2.30. The van der Waals surface area contributed by atoms with Crippen LogP contribution in [0.4, 0.5) is 19.8 Å². The molecule has 0 aliphatic rings. The molecule has 12 nitrogen and oxygen atoms in total. The summed E-state index contributed by atoms with van der Waals surface area (Å²) in [4.78, 5) is 48.2. The molecular weight excluding hydrogens is 605 g/mol. The van der Waals surface area contributed by atoms with Crippen LogP contribution >= 0.6 is 0 Å². The quantitative estimate of drug-likeness (QED) is 0.175. The number of carbonyl (C=O) groups is 3. The molecule has 0 saturated heterocycles. The highest BCUT2D eigenvalue weighted by atomic mass is 19.1. The molecule has 0 spiro atoms. The van der Waals surface area contributed by atoms with Crippen molar-refractivity contribution < 1.29 is 28.2 Å². The van der Waals surface area contributed by atoms with Crippen molar-refractivity contribution in [2.75, 3.05) is 12.4 Å². The molecule has 3 N–H and O–H groups in total. The monoisotopic (exact) mass is 645 g/mol. The Morgan fingerprint density at radius 3 is 2.04 bits per heavy atom. The number of hydrogen-bond donors (Lipinski definition) is 3. The molecule has 0 bridgehead atoms. The third-order valence-corrected chi connectivity index (χ3v) is 5.98. The van der Waals surface area contributed by atoms with E-state index in [-0.39, 0.29) is 23.6 Å². The molecule has 0 fully saturated rings. The van der Waals surface area contributed by atoms with Crippen molar-refractivity contribution in [3.05, 3.63) is 85.0 Å². The van der Waals surface area contributed by atoms with Gasteiger partial charge >= 0.3 is 12.2 Å².